The van der Waals surface area contributed by atoms with Crippen LogP contribution in [0.2, 0.25) is 0 Å². The highest BCUT2D eigenvalue weighted by molar-refractivity contribution is 5.92. The van der Waals surface area contributed by atoms with Crippen molar-refractivity contribution in [3.05, 3.63) is 203 Å². The Kier molecular flexibility index (Phi) is 6.14. The number of anilines is 2. The summed E-state index contributed by atoms with van der Waals surface area (Å²) in [6, 6.07) is 62.5. The van der Waals surface area contributed by atoms with Crippen LogP contribution in [0.5, 0.6) is 0 Å². The standard InChI is InChI=1S/C46H35N/c1-45(2)39-21-9-8-20-38(39)44-42(45)24-13-25-43(44)47-35-17-12-16-34(30-35)46(33-28-26-32(27-29-33)31-14-4-3-5-15-31)40-22-10-6-18-36(40)37-19-7-11-23-41(37)46/h3-30,47H,1-2H3. The zero-order valence-corrected chi connectivity index (χ0v) is 26.7. The van der Waals surface area contributed by atoms with Crippen molar-refractivity contribution in [3.63, 3.8) is 0 Å². The first-order valence-corrected chi connectivity index (χ1v) is 16.5. The SMILES string of the molecule is CC1(C)c2ccccc2-c2c(Nc3cccc(C4(c5ccc(-c6ccccc6)cc5)c5ccccc5-c5ccccc54)c3)cccc21. The molecule has 0 unspecified atom stereocenters. The molecule has 0 radical (unpaired) electrons. The lowest BCUT2D eigenvalue weighted by Gasteiger charge is -2.34. The van der Waals surface area contributed by atoms with Gasteiger partial charge in [0.2, 0.25) is 0 Å². The van der Waals surface area contributed by atoms with Gasteiger partial charge < -0.3 is 5.32 Å². The van der Waals surface area contributed by atoms with E-state index in [1.54, 1.807) is 0 Å². The minimum atomic E-state index is -0.465. The van der Waals surface area contributed by atoms with E-state index in [0.717, 1.165) is 11.4 Å². The van der Waals surface area contributed by atoms with Gasteiger partial charge in [-0.3, -0.25) is 0 Å². The quantitative estimate of drug-likeness (QED) is 0.207. The van der Waals surface area contributed by atoms with E-state index in [2.05, 4.69) is 189 Å². The third-order valence-corrected chi connectivity index (χ3v) is 10.6. The normalized spacial score (nSPS) is 14.5. The maximum atomic E-state index is 3.89. The van der Waals surface area contributed by atoms with Crippen molar-refractivity contribution >= 4 is 11.4 Å². The Hall–Kier alpha value is -5.66. The molecule has 0 saturated heterocycles. The first-order chi connectivity index (χ1) is 23.1. The third kappa shape index (κ3) is 4.03. The second-order valence-corrected chi connectivity index (χ2v) is 13.4. The van der Waals surface area contributed by atoms with Crippen molar-refractivity contribution in [2.45, 2.75) is 24.7 Å². The summed E-state index contributed by atoms with van der Waals surface area (Å²) >= 11 is 0. The minimum Gasteiger partial charge on any atom is -0.355 e. The summed E-state index contributed by atoms with van der Waals surface area (Å²) in [5.74, 6) is 0. The molecule has 47 heavy (non-hydrogen) atoms. The Balaban J connectivity index is 1.22. The molecule has 0 fully saturated rings. The summed E-state index contributed by atoms with van der Waals surface area (Å²) in [4.78, 5) is 0. The van der Waals surface area contributed by atoms with Crippen LogP contribution in [-0.4, -0.2) is 0 Å². The van der Waals surface area contributed by atoms with Crippen molar-refractivity contribution in [2.24, 2.45) is 0 Å². The summed E-state index contributed by atoms with van der Waals surface area (Å²) in [6.45, 7) is 4.67. The number of rotatable bonds is 5. The molecule has 0 bridgehead atoms. The highest BCUT2D eigenvalue weighted by Gasteiger charge is 2.46. The van der Waals surface area contributed by atoms with E-state index >= 15 is 0 Å². The molecular formula is C46H35N. The van der Waals surface area contributed by atoms with E-state index in [1.807, 2.05) is 0 Å². The summed E-state index contributed by atoms with van der Waals surface area (Å²) in [7, 11) is 0. The third-order valence-electron chi connectivity index (χ3n) is 10.6. The van der Waals surface area contributed by atoms with Crippen molar-refractivity contribution in [2.75, 3.05) is 5.32 Å². The van der Waals surface area contributed by atoms with Crippen LogP contribution < -0.4 is 5.32 Å². The molecule has 0 aliphatic heterocycles. The molecule has 7 aromatic carbocycles. The number of hydrogen-bond acceptors (Lipinski definition) is 1. The van der Waals surface area contributed by atoms with Crippen LogP contribution in [0.4, 0.5) is 11.4 Å². The molecule has 9 rings (SSSR count). The zero-order chi connectivity index (χ0) is 31.6. The van der Waals surface area contributed by atoms with Crippen molar-refractivity contribution < 1.29 is 0 Å². The molecule has 0 atom stereocenters. The van der Waals surface area contributed by atoms with Gasteiger partial charge in [-0.1, -0.05) is 166 Å². The van der Waals surface area contributed by atoms with Crippen LogP contribution in [0.3, 0.4) is 0 Å². The molecule has 0 amide bonds. The Morgan fingerprint density at radius 1 is 0.404 bits per heavy atom. The first-order valence-electron chi connectivity index (χ1n) is 16.5. The van der Waals surface area contributed by atoms with Crippen molar-refractivity contribution in [1.29, 1.82) is 0 Å². The summed E-state index contributed by atoms with van der Waals surface area (Å²) in [5, 5.41) is 3.89. The van der Waals surface area contributed by atoms with Gasteiger partial charge in [-0.25, -0.2) is 0 Å². The monoisotopic (exact) mass is 601 g/mol. The summed E-state index contributed by atoms with van der Waals surface area (Å²) < 4.78 is 0. The molecular weight excluding hydrogens is 567 g/mol. The molecule has 0 heterocycles. The van der Waals surface area contributed by atoms with Crippen LogP contribution in [0.15, 0.2) is 170 Å². The number of hydrogen-bond donors (Lipinski definition) is 1. The number of fused-ring (bicyclic) bond motifs is 6. The maximum Gasteiger partial charge on any atom is 0.0714 e. The molecule has 1 nitrogen and oxygen atoms in total. The van der Waals surface area contributed by atoms with Gasteiger partial charge in [-0.05, 0) is 79.4 Å². The average Bonchev–Trinajstić information content (AvgIpc) is 3.56. The molecule has 2 aliphatic rings. The molecule has 0 saturated carbocycles. The highest BCUT2D eigenvalue weighted by Crippen LogP contribution is 2.57. The smallest absolute Gasteiger partial charge is 0.0714 e. The van der Waals surface area contributed by atoms with Crippen LogP contribution in [0.1, 0.15) is 47.2 Å². The van der Waals surface area contributed by atoms with E-state index in [9.17, 15) is 0 Å². The van der Waals surface area contributed by atoms with Gasteiger partial charge in [0, 0.05) is 22.4 Å². The Morgan fingerprint density at radius 2 is 0.957 bits per heavy atom. The fourth-order valence-electron chi connectivity index (χ4n) is 8.41. The molecule has 1 heteroatoms. The van der Waals surface area contributed by atoms with Crippen molar-refractivity contribution in [1.82, 2.24) is 0 Å². The minimum absolute atomic E-state index is 0.0430. The number of benzene rings is 7. The molecule has 2 aliphatic carbocycles. The molecule has 0 spiro atoms. The molecule has 224 valence electrons. The van der Waals surface area contributed by atoms with E-state index in [-0.39, 0.29) is 5.41 Å². The molecule has 0 aromatic heterocycles. The summed E-state index contributed by atoms with van der Waals surface area (Å²) in [6.07, 6.45) is 0. The average molecular weight is 602 g/mol. The van der Waals surface area contributed by atoms with Gasteiger partial charge in [0.15, 0.2) is 0 Å². The van der Waals surface area contributed by atoms with Gasteiger partial charge in [0.1, 0.15) is 0 Å². The fraction of sp³-hybridized carbons (Fsp3) is 0.0870. The lowest BCUT2D eigenvalue weighted by molar-refractivity contribution is 0.660. The summed E-state index contributed by atoms with van der Waals surface area (Å²) in [5.41, 5.74) is 17.3. The van der Waals surface area contributed by atoms with Crippen LogP contribution in [0.25, 0.3) is 33.4 Å². The number of nitrogens with one attached hydrogen (secondary N) is 1. The highest BCUT2D eigenvalue weighted by atomic mass is 14.9. The van der Waals surface area contributed by atoms with Gasteiger partial charge in [0.05, 0.1) is 5.41 Å². The predicted octanol–water partition coefficient (Wildman–Crippen LogP) is 11.8. The molecule has 1 N–H and O–H groups in total. The van der Waals surface area contributed by atoms with E-state index in [0.29, 0.717) is 0 Å². The Bertz CT molecular complexity index is 2250. The van der Waals surface area contributed by atoms with Gasteiger partial charge in [-0.2, -0.15) is 0 Å². The second kappa shape index (κ2) is 10.4. The topological polar surface area (TPSA) is 12.0 Å². The fourth-order valence-corrected chi connectivity index (χ4v) is 8.41. The van der Waals surface area contributed by atoms with Crippen LogP contribution >= 0.6 is 0 Å². The Labute approximate surface area is 277 Å². The largest absolute Gasteiger partial charge is 0.355 e. The van der Waals surface area contributed by atoms with E-state index < -0.39 is 5.41 Å². The zero-order valence-electron chi connectivity index (χ0n) is 26.7. The molecule has 7 aromatic rings. The van der Waals surface area contributed by atoms with Crippen LogP contribution in [0, 0.1) is 0 Å². The first kappa shape index (κ1) is 27.6. The van der Waals surface area contributed by atoms with Gasteiger partial charge in [-0.15, -0.1) is 0 Å². The Morgan fingerprint density at radius 3 is 1.66 bits per heavy atom. The predicted molar refractivity (Wildman–Crippen MR) is 196 cm³/mol. The maximum absolute atomic E-state index is 3.89. The van der Waals surface area contributed by atoms with E-state index in [1.165, 1.54) is 66.8 Å². The lowest BCUT2D eigenvalue weighted by Crippen LogP contribution is -2.28. The van der Waals surface area contributed by atoms with Crippen LogP contribution in [-0.2, 0) is 10.8 Å². The lowest BCUT2D eigenvalue weighted by atomic mass is 9.67. The van der Waals surface area contributed by atoms with Gasteiger partial charge in [0.25, 0.3) is 0 Å². The van der Waals surface area contributed by atoms with Crippen molar-refractivity contribution in [3.8, 4) is 33.4 Å². The van der Waals surface area contributed by atoms with Gasteiger partial charge >= 0.3 is 0 Å². The second-order valence-electron chi connectivity index (χ2n) is 13.4. The van der Waals surface area contributed by atoms with E-state index in [4.69, 9.17) is 0 Å².